The highest BCUT2D eigenvalue weighted by Gasteiger charge is 2.50. The van der Waals surface area contributed by atoms with Gasteiger partial charge in [-0.3, -0.25) is 4.79 Å². The van der Waals surface area contributed by atoms with Crippen molar-refractivity contribution in [2.45, 2.75) is 42.7 Å². The summed E-state index contributed by atoms with van der Waals surface area (Å²) < 4.78 is 0. The van der Waals surface area contributed by atoms with Gasteiger partial charge in [-0.25, -0.2) is 9.97 Å². The molecule has 164 valence electrons. The summed E-state index contributed by atoms with van der Waals surface area (Å²) in [4.78, 5) is 26.9. The van der Waals surface area contributed by atoms with Gasteiger partial charge in [0, 0.05) is 53.3 Å². The van der Waals surface area contributed by atoms with Crippen LogP contribution in [0.5, 0.6) is 0 Å². The third kappa shape index (κ3) is 4.15. The minimum atomic E-state index is -0.367. The van der Waals surface area contributed by atoms with Gasteiger partial charge in [0.15, 0.2) is 0 Å². The molecule has 1 amide bonds. The van der Waals surface area contributed by atoms with E-state index in [9.17, 15) is 4.79 Å². The lowest BCUT2D eigenvalue weighted by Gasteiger charge is -2.38. The van der Waals surface area contributed by atoms with Crippen molar-refractivity contribution in [1.29, 1.82) is 0 Å². The molecule has 3 heterocycles. The maximum atomic E-state index is 13.5. The Morgan fingerprint density at radius 3 is 2.61 bits per heavy atom. The molecule has 2 aromatic rings. The summed E-state index contributed by atoms with van der Waals surface area (Å²) in [7, 11) is 0. The molecule has 31 heavy (non-hydrogen) atoms. The lowest BCUT2D eigenvalue weighted by atomic mass is 9.89. The van der Waals surface area contributed by atoms with Gasteiger partial charge in [0.2, 0.25) is 5.91 Å². The Bertz CT molecular complexity index is 972. The number of carbonyl (C=O) groups excluding carboxylic acids is 1. The molecule has 2 fully saturated rings. The molecular formula is C23H28ClN5OS. The summed E-state index contributed by atoms with van der Waals surface area (Å²) in [5.74, 6) is 2.01. The van der Waals surface area contributed by atoms with Gasteiger partial charge in [-0.15, -0.1) is 11.8 Å². The molecule has 1 aromatic heterocycles. The topological polar surface area (TPSA) is 75.4 Å². The third-order valence-corrected chi connectivity index (χ3v) is 8.31. The van der Waals surface area contributed by atoms with E-state index in [2.05, 4.69) is 21.8 Å². The number of carbonyl (C=O) groups is 1. The second-order valence-corrected chi connectivity index (χ2v) is 10.7. The normalized spacial score (nSPS) is 22.9. The zero-order valence-electron chi connectivity index (χ0n) is 17.8. The minimum Gasteiger partial charge on any atom is -0.353 e. The van der Waals surface area contributed by atoms with Gasteiger partial charge in [0.05, 0.1) is 11.6 Å². The van der Waals surface area contributed by atoms with E-state index in [4.69, 9.17) is 17.3 Å². The van der Waals surface area contributed by atoms with Crippen molar-refractivity contribution in [2.24, 2.45) is 11.7 Å². The van der Waals surface area contributed by atoms with E-state index in [1.807, 2.05) is 40.9 Å². The summed E-state index contributed by atoms with van der Waals surface area (Å²) in [6.45, 7) is 5.20. The molecule has 0 spiro atoms. The molecule has 1 saturated heterocycles. The van der Waals surface area contributed by atoms with E-state index < -0.39 is 0 Å². The fraction of sp³-hybridized carbons (Fsp3) is 0.522. The number of thioether (sulfide) groups is 1. The average molecular weight is 458 g/mol. The van der Waals surface area contributed by atoms with Crippen LogP contribution >= 0.6 is 23.4 Å². The predicted molar refractivity (Wildman–Crippen MR) is 125 cm³/mol. The van der Waals surface area contributed by atoms with Gasteiger partial charge in [-0.2, -0.15) is 0 Å². The number of rotatable bonds is 5. The Labute approximate surface area is 192 Å². The Morgan fingerprint density at radius 1 is 1.23 bits per heavy atom. The number of fused-ring (bicyclic) bond motifs is 1. The van der Waals surface area contributed by atoms with Crippen LogP contribution in [-0.4, -0.2) is 52.5 Å². The number of aromatic nitrogens is 2. The number of hydrogen-bond acceptors (Lipinski definition) is 6. The molecule has 2 N–H and O–H groups in total. The highest BCUT2D eigenvalue weighted by atomic mass is 35.5. The van der Waals surface area contributed by atoms with Crippen molar-refractivity contribution in [2.75, 3.05) is 31.1 Å². The summed E-state index contributed by atoms with van der Waals surface area (Å²) in [5.41, 5.74) is 9.74. The zero-order chi connectivity index (χ0) is 21.6. The van der Waals surface area contributed by atoms with Gasteiger partial charge in [-0.1, -0.05) is 23.7 Å². The maximum absolute atomic E-state index is 13.5. The highest BCUT2D eigenvalue weighted by molar-refractivity contribution is 7.99. The van der Waals surface area contributed by atoms with Crippen LogP contribution in [0.2, 0.25) is 5.02 Å². The second-order valence-electron chi connectivity index (χ2n) is 8.94. The fourth-order valence-electron chi connectivity index (χ4n) is 4.74. The lowest BCUT2D eigenvalue weighted by Crippen LogP contribution is -2.54. The standard InChI is InChI=1S/C23H28ClN5OS/c1-15-20-19(13-31-15)26-14-27-21(20)28-8-10-29(11-9-28)22(30)18(23(25)6-7-23)12-16-2-4-17(24)5-3-16/h2-5,14-15,18H,6-13,25H2,1H3/t15-,18?/m1/s1. The molecule has 0 bridgehead atoms. The third-order valence-electron chi connectivity index (χ3n) is 6.89. The fourth-order valence-corrected chi connectivity index (χ4v) is 5.91. The van der Waals surface area contributed by atoms with E-state index in [1.165, 1.54) is 5.56 Å². The van der Waals surface area contributed by atoms with Crippen molar-refractivity contribution in [3.8, 4) is 0 Å². The average Bonchev–Trinajstić information content (AvgIpc) is 3.43. The number of halogens is 1. The van der Waals surface area contributed by atoms with Crippen molar-refractivity contribution >= 4 is 35.1 Å². The smallest absolute Gasteiger partial charge is 0.227 e. The van der Waals surface area contributed by atoms with Crippen LogP contribution in [0.4, 0.5) is 5.82 Å². The quantitative estimate of drug-likeness (QED) is 0.741. The second kappa shape index (κ2) is 8.26. The van der Waals surface area contributed by atoms with E-state index in [0.717, 1.165) is 48.8 Å². The monoisotopic (exact) mass is 457 g/mol. The van der Waals surface area contributed by atoms with Gasteiger partial charge in [-0.05, 0) is 43.9 Å². The first-order valence-corrected chi connectivity index (χ1v) is 12.4. The Morgan fingerprint density at radius 2 is 1.94 bits per heavy atom. The van der Waals surface area contributed by atoms with Crippen LogP contribution in [0.15, 0.2) is 30.6 Å². The first-order valence-electron chi connectivity index (χ1n) is 11.0. The Kier molecular flexibility index (Phi) is 5.61. The van der Waals surface area contributed by atoms with Gasteiger partial charge in [0.1, 0.15) is 12.1 Å². The molecule has 2 atom stereocenters. The number of benzene rings is 1. The molecule has 3 aliphatic rings. The Balaban J connectivity index is 1.28. The summed E-state index contributed by atoms with van der Waals surface area (Å²) >= 11 is 7.94. The number of amides is 1. The van der Waals surface area contributed by atoms with Crippen LogP contribution < -0.4 is 10.6 Å². The number of anilines is 1. The minimum absolute atomic E-state index is 0.181. The number of nitrogens with zero attached hydrogens (tertiary/aromatic N) is 4. The first-order chi connectivity index (χ1) is 14.9. The molecule has 1 saturated carbocycles. The maximum Gasteiger partial charge on any atom is 0.227 e. The van der Waals surface area contributed by atoms with Crippen LogP contribution in [0.3, 0.4) is 0 Å². The number of piperazine rings is 1. The molecule has 1 unspecified atom stereocenters. The predicted octanol–water partition coefficient (Wildman–Crippen LogP) is 3.44. The van der Waals surface area contributed by atoms with E-state index in [0.29, 0.717) is 29.8 Å². The molecule has 6 nitrogen and oxygen atoms in total. The van der Waals surface area contributed by atoms with E-state index in [-0.39, 0.29) is 17.4 Å². The van der Waals surface area contributed by atoms with Gasteiger partial charge < -0.3 is 15.5 Å². The largest absolute Gasteiger partial charge is 0.353 e. The summed E-state index contributed by atoms with van der Waals surface area (Å²) in [5, 5.41) is 1.13. The molecule has 8 heteroatoms. The number of hydrogen-bond donors (Lipinski definition) is 1. The SMILES string of the molecule is C[C@H]1SCc2ncnc(N3CCN(C(=O)C(Cc4ccc(Cl)cc4)C4(N)CC4)CC3)c21. The first kappa shape index (κ1) is 21.0. The van der Waals surface area contributed by atoms with Crippen molar-refractivity contribution < 1.29 is 4.79 Å². The van der Waals surface area contributed by atoms with E-state index >= 15 is 0 Å². The van der Waals surface area contributed by atoms with Gasteiger partial charge in [0.25, 0.3) is 0 Å². The molecular weight excluding hydrogens is 430 g/mol. The zero-order valence-corrected chi connectivity index (χ0v) is 19.3. The Hall–Kier alpha value is -1.83. The molecule has 1 aliphatic carbocycles. The van der Waals surface area contributed by atoms with Crippen molar-refractivity contribution in [3.05, 3.63) is 52.4 Å². The summed E-state index contributed by atoms with van der Waals surface area (Å²) in [6.07, 6.45) is 4.18. The van der Waals surface area contributed by atoms with E-state index in [1.54, 1.807) is 6.33 Å². The molecule has 1 aromatic carbocycles. The van der Waals surface area contributed by atoms with Crippen LogP contribution in [-0.2, 0) is 17.0 Å². The molecule has 2 aliphatic heterocycles. The molecule has 5 rings (SSSR count). The molecule has 0 radical (unpaired) electrons. The van der Waals surface area contributed by atoms with Gasteiger partial charge >= 0.3 is 0 Å². The van der Waals surface area contributed by atoms with Crippen LogP contribution in [0, 0.1) is 5.92 Å². The van der Waals surface area contributed by atoms with Crippen LogP contribution in [0.1, 0.15) is 41.8 Å². The van der Waals surface area contributed by atoms with Crippen LogP contribution in [0.25, 0.3) is 0 Å². The summed E-state index contributed by atoms with van der Waals surface area (Å²) in [6, 6.07) is 7.77. The lowest BCUT2D eigenvalue weighted by molar-refractivity contribution is -0.136. The number of nitrogens with two attached hydrogens (primary N) is 1. The van der Waals surface area contributed by atoms with Crippen molar-refractivity contribution in [1.82, 2.24) is 14.9 Å². The highest BCUT2D eigenvalue weighted by Crippen LogP contribution is 2.45. The van der Waals surface area contributed by atoms with Crippen molar-refractivity contribution in [3.63, 3.8) is 0 Å².